The Morgan fingerprint density at radius 2 is 2.03 bits per heavy atom. The number of hydrogen-bond donors (Lipinski definition) is 0. The third kappa shape index (κ3) is 3.59. The number of pyridine rings is 1. The van der Waals surface area contributed by atoms with Crippen molar-refractivity contribution >= 4 is 51.9 Å². The summed E-state index contributed by atoms with van der Waals surface area (Å²) in [5.74, 6) is -1.23. The fourth-order valence-corrected chi connectivity index (χ4v) is 4.00. The Balaban J connectivity index is 2.01. The summed E-state index contributed by atoms with van der Waals surface area (Å²) >= 11 is 11.5. The molecule has 1 amide bonds. The maximum absolute atomic E-state index is 14.8. The van der Waals surface area contributed by atoms with Crippen LogP contribution in [0, 0.1) is 12.4 Å². The van der Waals surface area contributed by atoms with Gasteiger partial charge in [-0.1, -0.05) is 31.0 Å². The second-order valence-corrected chi connectivity index (χ2v) is 8.02. The van der Waals surface area contributed by atoms with E-state index in [4.69, 9.17) is 30.4 Å². The van der Waals surface area contributed by atoms with Gasteiger partial charge in [-0.05, 0) is 57.1 Å². The number of carbonyl (C=O) groups excluding carboxylic acids is 1. The summed E-state index contributed by atoms with van der Waals surface area (Å²) in [4.78, 5) is 23.6. The number of nitrogens with zero attached hydrogens (tertiary/aromatic N) is 4. The largest absolute Gasteiger partial charge is 0.302 e. The van der Waals surface area contributed by atoms with Crippen molar-refractivity contribution in [3.63, 3.8) is 0 Å². The van der Waals surface area contributed by atoms with Crippen molar-refractivity contribution in [1.29, 1.82) is 0 Å². The molecule has 0 saturated carbocycles. The van der Waals surface area contributed by atoms with Gasteiger partial charge in [0, 0.05) is 5.69 Å². The zero-order chi connectivity index (χ0) is 21.3. The molecule has 150 valence electrons. The molecule has 0 aliphatic carbocycles. The standard InChI is InChI=1S/C21H20ClFN4OS/c1-5-6-7-13-8-9-14(12-25-13)27-20(29)26(19(28)21(27,2)3)16-11-10-15(24-4)17(22)18(16)23/h8-12H,5-7H2,1-3H3. The molecule has 0 radical (unpaired) electrons. The zero-order valence-corrected chi connectivity index (χ0v) is 17.9. The molecule has 1 aromatic carbocycles. The average molecular weight is 431 g/mol. The fraction of sp³-hybridized carbons (Fsp3) is 0.333. The van der Waals surface area contributed by atoms with Crippen LogP contribution in [0.25, 0.3) is 4.85 Å². The molecule has 0 spiro atoms. The summed E-state index contributed by atoms with van der Waals surface area (Å²) in [5, 5.41) is -0.195. The average Bonchev–Trinajstić information content (AvgIpc) is 2.87. The molecule has 1 saturated heterocycles. The van der Waals surface area contributed by atoms with E-state index in [1.165, 1.54) is 12.1 Å². The van der Waals surface area contributed by atoms with Crippen LogP contribution in [-0.2, 0) is 11.2 Å². The SMILES string of the molecule is [C-]#[N+]c1ccc(N2C(=O)C(C)(C)N(c3ccc(CCCC)nc3)C2=S)c(F)c1Cl. The number of hydrogen-bond acceptors (Lipinski definition) is 3. The highest BCUT2D eigenvalue weighted by atomic mass is 35.5. The van der Waals surface area contributed by atoms with E-state index < -0.39 is 11.4 Å². The van der Waals surface area contributed by atoms with E-state index in [0.29, 0.717) is 5.69 Å². The molecule has 0 bridgehead atoms. The number of aryl methyl sites for hydroxylation is 1. The smallest absolute Gasteiger partial charge is 0.259 e. The van der Waals surface area contributed by atoms with Crippen LogP contribution >= 0.6 is 23.8 Å². The maximum atomic E-state index is 14.8. The topological polar surface area (TPSA) is 40.8 Å². The molecule has 1 fully saturated rings. The molecule has 0 N–H and O–H groups in total. The van der Waals surface area contributed by atoms with Crippen LogP contribution in [0.5, 0.6) is 0 Å². The van der Waals surface area contributed by atoms with Crippen LogP contribution in [0.15, 0.2) is 30.5 Å². The number of rotatable bonds is 5. The highest BCUT2D eigenvalue weighted by molar-refractivity contribution is 7.81. The lowest BCUT2D eigenvalue weighted by atomic mass is 10.0. The first-order valence-electron chi connectivity index (χ1n) is 9.23. The molecule has 0 atom stereocenters. The number of halogens is 2. The lowest BCUT2D eigenvalue weighted by Crippen LogP contribution is -2.44. The van der Waals surface area contributed by atoms with Crippen molar-refractivity contribution in [1.82, 2.24) is 4.98 Å². The van der Waals surface area contributed by atoms with Gasteiger partial charge in [-0.3, -0.25) is 14.7 Å². The molecule has 5 nitrogen and oxygen atoms in total. The van der Waals surface area contributed by atoms with Gasteiger partial charge in [0.05, 0.1) is 29.2 Å². The molecular weight excluding hydrogens is 411 g/mol. The van der Waals surface area contributed by atoms with Gasteiger partial charge in [0.15, 0.2) is 10.9 Å². The minimum atomic E-state index is -1.04. The molecule has 3 rings (SSSR count). The molecular formula is C21H20ClFN4OS. The molecule has 1 aliphatic heterocycles. The Labute approximate surface area is 179 Å². The lowest BCUT2D eigenvalue weighted by molar-refractivity contribution is -0.120. The van der Waals surface area contributed by atoms with Crippen molar-refractivity contribution < 1.29 is 9.18 Å². The number of aromatic nitrogens is 1. The molecule has 1 aliphatic rings. The number of amides is 1. The summed E-state index contributed by atoms with van der Waals surface area (Å²) in [5.41, 5.74) is 0.491. The van der Waals surface area contributed by atoms with Gasteiger partial charge in [0.1, 0.15) is 5.54 Å². The van der Waals surface area contributed by atoms with E-state index in [9.17, 15) is 9.18 Å². The Morgan fingerprint density at radius 3 is 2.62 bits per heavy atom. The first-order chi connectivity index (χ1) is 13.7. The Bertz CT molecular complexity index is 1020. The summed E-state index contributed by atoms with van der Waals surface area (Å²) in [6.45, 7) is 12.6. The van der Waals surface area contributed by atoms with Gasteiger partial charge in [0.2, 0.25) is 5.69 Å². The maximum Gasteiger partial charge on any atom is 0.259 e. The lowest BCUT2D eigenvalue weighted by Gasteiger charge is -2.29. The van der Waals surface area contributed by atoms with Crippen molar-refractivity contribution in [2.75, 3.05) is 9.80 Å². The molecule has 1 aromatic heterocycles. The molecule has 2 heterocycles. The molecule has 8 heteroatoms. The van der Waals surface area contributed by atoms with E-state index in [1.807, 2.05) is 12.1 Å². The minimum absolute atomic E-state index is 0.0199. The van der Waals surface area contributed by atoms with Gasteiger partial charge >= 0.3 is 0 Å². The number of thiocarbonyl (C=S) groups is 1. The van der Waals surface area contributed by atoms with Crippen molar-refractivity contribution in [2.24, 2.45) is 0 Å². The number of benzene rings is 1. The van der Waals surface area contributed by atoms with E-state index >= 15 is 0 Å². The summed E-state index contributed by atoms with van der Waals surface area (Å²) < 4.78 is 14.8. The van der Waals surface area contributed by atoms with Crippen LogP contribution in [0.1, 0.15) is 39.3 Å². The van der Waals surface area contributed by atoms with Crippen molar-refractivity contribution in [2.45, 2.75) is 45.6 Å². The number of carbonyl (C=O) groups is 1. The third-order valence-corrected chi connectivity index (χ3v) is 5.65. The quantitative estimate of drug-likeness (QED) is 0.451. The fourth-order valence-electron chi connectivity index (χ4n) is 3.28. The highest BCUT2D eigenvalue weighted by Gasteiger charge is 2.51. The summed E-state index contributed by atoms with van der Waals surface area (Å²) in [6.07, 6.45) is 4.69. The van der Waals surface area contributed by atoms with Gasteiger partial charge in [-0.2, -0.15) is 0 Å². The van der Waals surface area contributed by atoms with Gasteiger partial charge in [-0.25, -0.2) is 9.24 Å². The number of unbranched alkanes of at least 4 members (excludes halogenated alkanes) is 1. The molecule has 2 aromatic rings. The second kappa shape index (κ2) is 8.05. The normalized spacial score (nSPS) is 15.7. The van der Waals surface area contributed by atoms with E-state index in [1.54, 1.807) is 24.9 Å². The number of anilines is 2. The molecule has 29 heavy (non-hydrogen) atoms. The van der Waals surface area contributed by atoms with E-state index in [2.05, 4.69) is 16.8 Å². The Hall–Kier alpha value is -2.56. The van der Waals surface area contributed by atoms with Crippen molar-refractivity contribution in [3.8, 4) is 0 Å². The first kappa shape index (κ1) is 21.2. The van der Waals surface area contributed by atoms with E-state index in [0.717, 1.165) is 29.9 Å². The Morgan fingerprint density at radius 1 is 1.31 bits per heavy atom. The summed E-state index contributed by atoms with van der Waals surface area (Å²) in [7, 11) is 0. The van der Waals surface area contributed by atoms with Crippen LogP contribution in [0.2, 0.25) is 5.02 Å². The predicted octanol–water partition coefficient (Wildman–Crippen LogP) is 5.68. The van der Waals surface area contributed by atoms with Crippen LogP contribution in [0.4, 0.5) is 21.5 Å². The third-order valence-electron chi connectivity index (χ3n) is 4.92. The van der Waals surface area contributed by atoms with Crippen LogP contribution in [0.3, 0.4) is 0 Å². The van der Waals surface area contributed by atoms with E-state index in [-0.39, 0.29) is 27.4 Å². The minimum Gasteiger partial charge on any atom is -0.302 e. The van der Waals surface area contributed by atoms with Gasteiger partial charge in [-0.15, -0.1) is 0 Å². The Kier molecular flexibility index (Phi) is 5.87. The van der Waals surface area contributed by atoms with Gasteiger partial charge in [0.25, 0.3) is 5.91 Å². The predicted molar refractivity (Wildman–Crippen MR) is 117 cm³/mol. The highest BCUT2D eigenvalue weighted by Crippen LogP contribution is 2.40. The summed E-state index contributed by atoms with van der Waals surface area (Å²) in [6, 6.07) is 6.51. The van der Waals surface area contributed by atoms with Crippen LogP contribution < -0.4 is 9.80 Å². The monoisotopic (exact) mass is 430 g/mol. The second-order valence-electron chi connectivity index (χ2n) is 7.27. The van der Waals surface area contributed by atoms with Gasteiger partial charge < -0.3 is 4.90 Å². The first-order valence-corrected chi connectivity index (χ1v) is 10.0. The van der Waals surface area contributed by atoms with Crippen molar-refractivity contribution in [3.05, 3.63) is 58.4 Å². The zero-order valence-electron chi connectivity index (χ0n) is 16.4. The van der Waals surface area contributed by atoms with Crippen LogP contribution in [-0.4, -0.2) is 21.5 Å². The molecule has 0 unspecified atom stereocenters.